The number of nitrogens with one attached hydrogen (secondary N) is 1. The van der Waals surface area contributed by atoms with Crippen LogP contribution >= 0.6 is 0 Å². The third kappa shape index (κ3) is 6.21. The van der Waals surface area contributed by atoms with Crippen LogP contribution < -0.4 is 10.1 Å². The minimum absolute atomic E-state index is 0.194. The first-order valence-corrected chi connectivity index (χ1v) is 7.86. The van der Waals surface area contributed by atoms with E-state index in [1.165, 1.54) is 0 Å². The number of carbonyl (C=O) groups excluding carboxylic acids is 2. The van der Waals surface area contributed by atoms with Gasteiger partial charge in [-0.05, 0) is 32.9 Å². The number of aromatic nitrogens is 2. The molecule has 1 aromatic heterocycles. The molecule has 1 aromatic carbocycles. The molecule has 0 aliphatic carbocycles. The largest absolute Gasteiger partial charge is 0.462 e. The quantitative estimate of drug-likeness (QED) is 0.641. The molecular weight excluding hydrogens is 322 g/mol. The molecule has 0 saturated carbocycles. The molecule has 1 heterocycles. The first-order valence-electron chi connectivity index (χ1n) is 7.86. The molecule has 132 valence electrons. The maximum absolute atomic E-state index is 11.5. The number of hydrogen-bond acceptors (Lipinski definition) is 6. The van der Waals surface area contributed by atoms with Crippen LogP contribution in [0.3, 0.4) is 0 Å². The molecule has 0 spiro atoms. The van der Waals surface area contributed by atoms with E-state index < -0.39 is 11.7 Å². The maximum Gasteiger partial charge on any atom is 0.407 e. The van der Waals surface area contributed by atoms with E-state index in [9.17, 15) is 9.59 Å². The van der Waals surface area contributed by atoms with Gasteiger partial charge in [0.1, 0.15) is 18.5 Å². The Balaban J connectivity index is 1.89. The fourth-order valence-corrected chi connectivity index (χ4v) is 1.95. The fourth-order valence-electron chi connectivity index (χ4n) is 1.95. The molecule has 25 heavy (non-hydrogen) atoms. The number of ether oxygens (including phenoxy) is 2. The molecule has 7 heteroatoms. The zero-order valence-corrected chi connectivity index (χ0v) is 14.5. The summed E-state index contributed by atoms with van der Waals surface area (Å²) in [4.78, 5) is 30.7. The van der Waals surface area contributed by atoms with Crippen molar-refractivity contribution in [3.63, 3.8) is 0 Å². The summed E-state index contributed by atoms with van der Waals surface area (Å²) in [5.41, 5.74) is 1.47. The zero-order valence-electron chi connectivity index (χ0n) is 14.5. The van der Waals surface area contributed by atoms with E-state index >= 15 is 0 Å². The molecule has 0 unspecified atom stereocenters. The average molecular weight is 343 g/mol. The number of nitrogens with zero attached hydrogens (tertiary/aromatic N) is 2. The Hall–Kier alpha value is -2.96. The predicted octanol–water partition coefficient (Wildman–Crippen LogP) is 2.86. The van der Waals surface area contributed by atoms with E-state index in [1.54, 1.807) is 51.2 Å². The van der Waals surface area contributed by atoms with E-state index in [1.807, 2.05) is 6.07 Å². The lowest BCUT2D eigenvalue weighted by molar-refractivity contribution is 0.0519. The van der Waals surface area contributed by atoms with Crippen LogP contribution in [-0.4, -0.2) is 41.1 Å². The first-order chi connectivity index (χ1) is 11.9. The van der Waals surface area contributed by atoms with Gasteiger partial charge in [0.25, 0.3) is 0 Å². The van der Waals surface area contributed by atoms with E-state index in [2.05, 4.69) is 15.3 Å². The van der Waals surface area contributed by atoms with Gasteiger partial charge in [-0.1, -0.05) is 18.2 Å². The fraction of sp³-hybridized carbons (Fsp3) is 0.333. The molecule has 0 fully saturated rings. The summed E-state index contributed by atoms with van der Waals surface area (Å²) in [5, 5.41) is 2.59. The van der Waals surface area contributed by atoms with E-state index in [-0.39, 0.29) is 19.2 Å². The molecule has 0 radical (unpaired) electrons. The number of carbonyl (C=O) groups is 2. The summed E-state index contributed by atoms with van der Waals surface area (Å²) in [7, 11) is 0. The molecule has 7 nitrogen and oxygen atoms in total. The van der Waals surface area contributed by atoms with Gasteiger partial charge < -0.3 is 14.8 Å². The molecule has 0 aliphatic rings. The molecule has 2 rings (SSSR count). The van der Waals surface area contributed by atoms with Crippen molar-refractivity contribution in [3.8, 4) is 17.3 Å². The van der Waals surface area contributed by atoms with Crippen LogP contribution in [-0.2, 0) is 4.74 Å². The Bertz CT molecular complexity index is 741. The Labute approximate surface area is 146 Å². The van der Waals surface area contributed by atoms with Gasteiger partial charge in [0.15, 0.2) is 0 Å². The predicted molar refractivity (Wildman–Crippen MR) is 92.6 cm³/mol. The molecule has 0 bridgehead atoms. The second kappa shape index (κ2) is 8.23. The van der Waals surface area contributed by atoms with Crippen LogP contribution in [0.4, 0.5) is 4.79 Å². The minimum Gasteiger partial charge on any atom is -0.462 e. The van der Waals surface area contributed by atoms with Crippen LogP contribution in [0.1, 0.15) is 31.1 Å². The average Bonchev–Trinajstić information content (AvgIpc) is 2.57. The normalized spacial score (nSPS) is 10.8. The van der Waals surface area contributed by atoms with Crippen molar-refractivity contribution in [3.05, 3.63) is 42.1 Å². The van der Waals surface area contributed by atoms with Crippen molar-refractivity contribution >= 4 is 12.4 Å². The Morgan fingerprint density at radius 1 is 1.28 bits per heavy atom. The summed E-state index contributed by atoms with van der Waals surface area (Å²) in [6.45, 7) is 5.85. The Morgan fingerprint density at radius 2 is 2.08 bits per heavy atom. The molecule has 0 aliphatic heterocycles. The van der Waals surface area contributed by atoms with Gasteiger partial charge in [0.05, 0.1) is 12.2 Å². The van der Waals surface area contributed by atoms with Crippen molar-refractivity contribution < 1.29 is 19.1 Å². The van der Waals surface area contributed by atoms with Gasteiger partial charge >= 0.3 is 12.1 Å². The van der Waals surface area contributed by atoms with Gasteiger partial charge in [-0.2, -0.15) is 4.98 Å². The summed E-state index contributed by atoms with van der Waals surface area (Å²) < 4.78 is 10.6. The van der Waals surface area contributed by atoms with Gasteiger partial charge in [-0.3, -0.25) is 4.79 Å². The molecule has 0 saturated heterocycles. The number of benzene rings is 1. The standard InChI is InChI=1S/C18H21N3O4/c1-18(2,3)25-17(23)20-9-10-24-16-19-8-7-15(21-16)14-6-4-5-13(11-14)12-22/h4-8,11-12H,9-10H2,1-3H3,(H,20,23). The third-order valence-corrected chi connectivity index (χ3v) is 2.95. The van der Waals surface area contributed by atoms with Crippen molar-refractivity contribution in [1.82, 2.24) is 15.3 Å². The van der Waals surface area contributed by atoms with Gasteiger partial charge in [-0.25, -0.2) is 9.78 Å². The topological polar surface area (TPSA) is 90.4 Å². The summed E-state index contributed by atoms with van der Waals surface area (Å²) in [6.07, 6.45) is 1.85. The highest BCUT2D eigenvalue weighted by molar-refractivity contribution is 5.78. The molecule has 2 aromatic rings. The number of rotatable bonds is 6. The SMILES string of the molecule is CC(C)(C)OC(=O)NCCOc1nccc(-c2cccc(C=O)c2)n1. The number of alkyl carbamates (subject to hydrolysis) is 1. The van der Waals surface area contributed by atoms with Crippen LogP contribution in [0, 0.1) is 0 Å². The highest BCUT2D eigenvalue weighted by Gasteiger charge is 2.15. The number of amides is 1. The second-order valence-corrected chi connectivity index (χ2v) is 6.24. The van der Waals surface area contributed by atoms with Crippen LogP contribution in [0.25, 0.3) is 11.3 Å². The Kier molecular flexibility index (Phi) is 6.05. The van der Waals surface area contributed by atoms with Gasteiger partial charge in [-0.15, -0.1) is 0 Å². The first kappa shape index (κ1) is 18.4. The lowest BCUT2D eigenvalue weighted by Crippen LogP contribution is -2.34. The third-order valence-electron chi connectivity index (χ3n) is 2.95. The lowest BCUT2D eigenvalue weighted by Gasteiger charge is -2.19. The monoisotopic (exact) mass is 343 g/mol. The van der Waals surface area contributed by atoms with Crippen molar-refractivity contribution in [2.24, 2.45) is 0 Å². The summed E-state index contributed by atoms with van der Waals surface area (Å²) in [6, 6.07) is 9.02. The smallest absolute Gasteiger partial charge is 0.407 e. The second-order valence-electron chi connectivity index (χ2n) is 6.24. The maximum atomic E-state index is 11.5. The van der Waals surface area contributed by atoms with E-state index in [0.29, 0.717) is 11.3 Å². The number of aldehydes is 1. The summed E-state index contributed by atoms with van der Waals surface area (Å²) >= 11 is 0. The van der Waals surface area contributed by atoms with Gasteiger partial charge in [0.2, 0.25) is 0 Å². The molecular formula is C18H21N3O4. The molecule has 0 atom stereocenters. The van der Waals surface area contributed by atoms with Crippen molar-refractivity contribution in [2.45, 2.75) is 26.4 Å². The van der Waals surface area contributed by atoms with Gasteiger partial charge in [0, 0.05) is 17.3 Å². The molecule has 1 N–H and O–H groups in total. The minimum atomic E-state index is -0.543. The van der Waals surface area contributed by atoms with Crippen molar-refractivity contribution in [1.29, 1.82) is 0 Å². The van der Waals surface area contributed by atoms with Crippen molar-refractivity contribution in [2.75, 3.05) is 13.2 Å². The highest BCUT2D eigenvalue weighted by atomic mass is 16.6. The van der Waals surface area contributed by atoms with Crippen LogP contribution in [0.15, 0.2) is 36.5 Å². The zero-order chi connectivity index (χ0) is 18.3. The van der Waals surface area contributed by atoms with Crippen LogP contribution in [0.5, 0.6) is 6.01 Å². The Morgan fingerprint density at radius 3 is 2.80 bits per heavy atom. The molecule has 1 amide bonds. The van der Waals surface area contributed by atoms with E-state index in [0.717, 1.165) is 11.8 Å². The van der Waals surface area contributed by atoms with E-state index in [4.69, 9.17) is 9.47 Å². The highest BCUT2D eigenvalue weighted by Crippen LogP contribution is 2.19. The summed E-state index contributed by atoms with van der Waals surface area (Å²) in [5.74, 6) is 0. The van der Waals surface area contributed by atoms with Crippen LogP contribution in [0.2, 0.25) is 0 Å². The lowest BCUT2D eigenvalue weighted by atomic mass is 10.1. The number of hydrogen-bond donors (Lipinski definition) is 1.